The molecule has 2 rings (SSSR count). The van der Waals surface area contributed by atoms with Gasteiger partial charge in [-0.3, -0.25) is 0 Å². The van der Waals surface area contributed by atoms with Gasteiger partial charge in [-0.25, -0.2) is 0 Å². The summed E-state index contributed by atoms with van der Waals surface area (Å²) in [7, 11) is -1.57. The molecular formula is C8H15O3P. The number of hydrogen-bond donors (Lipinski definition) is 1. The fourth-order valence-corrected chi connectivity index (χ4v) is 2.21. The Hall–Kier alpha value is 0.310. The molecule has 0 aliphatic heterocycles. The summed E-state index contributed by atoms with van der Waals surface area (Å²) in [6, 6.07) is 0. The highest BCUT2D eigenvalue weighted by atomic mass is 31.2. The second-order valence-corrected chi connectivity index (χ2v) is 4.45. The Morgan fingerprint density at radius 2 is 1.33 bits per heavy atom. The molecule has 0 spiro atoms. The van der Waals surface area contributed by atoms with Crippen LogP contribution in [0.4, 0.5) is 0 Å². The third-order valence-corrected chi connectivity index (χ3v) is 3.54. The Bertz CT molecular complexity index is 129. The van der Waals surface area contributed by atoms with Crippen LogP contribution in [0.5, 0.6) is 0 Å². The summed E-state index contributed by atoms with van der Waals surface area (Å²) < 4.78 is 10.6. The molecule has 0 radical (unpaired) electrons. The summed E-state index contributed by atoms with van der Waals surface area (Å²) in [5.41, 5.74) is 0. The molecule has 0 atom stereocenters. The van der Waals surface area contributed by atoms with Gasteiger partial charge in [0.05, 0.1) is 12.2 Å². The van der Waals surface area contributed by atoms with E-state index in [-0.39, 0.29) is 12.2 Å². The van der Waals surface area contributed by atoms with Crippen molar-refractivity contribution in [1.82, 2.24) is 0 Å². The highest BCUT2D eigenvalue weighted by molar-refractivity contribution is 7.40. The molecule has 0 bridgehead atoms. The van der Waals surface area contributed by atoms with Crippen molar-refractivity contribution in [2.75, 3.05) is 0 Å². The van der Waals surface area contributed by atoms with E-state index in [0.717, 1.165) is 25.7 Å². The maximum atomic E-state index is 9.34. The molecule has 3 nitrogen and oxygen atoms in total. The van der Waals surface area contributed by atoms with Crippen LogP contribution in [0.15, 0.2) is 0 Å². The normalized spacial score (nSPS) is 25.5. The topological polar surface area (TPSA) is 38.7 Å². The highest BCUT2D eigenvalue weighted by Gasteiger charge is 2.27. The quantitative estimate of drug-likeness (QED) is 0.691. The lowest BCUT2D eigenvalue weighted by atomic mass is 9.97. The molecule has 0 aromatic rings. The molecule has 0 heterocycles. The van der Waals surface area contributed by atoms with Crippen LogP contribution in [-0.4, -0.2) is 17.1 Å². The van der Waals surface area contributed by atoms with Gasteiger partial charge in [0.25, 0.3) is 0 Å². The summed E-state index contributed by atoms with van der Waals surface area (Å²) >= 11 is 0. The average molecular weight is 190 g/mol. The van der Waals surface area contributed by atoms with Gasteiger partial charge in [0.2, 0.25) is 0 Å². The summed E-state index contributed by atoms with van der Waals surface area (Å²) in [5, 5.41) is 0. The average Bonchev–Trinajstić information content (AvgIpc) is 1.89. The van der Waals surface area contributed by atoms with Crippen LogP contribution < -0.4 is 0 Å². The maximum absolute atomic E-state index is 9.34. The lowest BCUT2D eigenvalue weighted by Crippen LogP contribution is -2.23. The molecule has 4 heteroatoms. The van der Waals surface area contributed by atoms with Gasteiger partial charge in [-0.1, -0.05) is 0 Å². The summed E-state index contributed by atoms with van der Waals surface area (Å²) in [6.45, 7) is 0. The largest absolute Gasteiger partial charge is 0.330 e. The lowest BCUT2D eigenvalue weighted by Gasteiger charge is -2.31. The van der Waals surface area contributed by atoms with E-state index in [1.807, 2.05) is 0 Å². The zero-order valence-electron chi connectivity index (χ0n) is 7.11. The van der Waals surface area contributed by atoms with Gasteiger partial charge < -0.3 is 13.9 Å². The van der Waals surface area contributed by atoms with Gasteiger partial charge in [0, 0.05) is 0 Å². The molecule has 2 aliphatic rings. The maximum Gasteiger partial charge on any atom is 0.330 e. The molecule has 0 aromatic heterocycles. The van der Waals surface area contributed by atoms with Crippen molar-refractivity contribution in [3.05, 3.63) is 0 Å². The minimum Gasteiger partial charge on any atom is -0.328 e. The van der Waals surface area contributed by atoms with Crippen LogP contribution in [-0.2, 0) is 9.05 Å². The van der Waals surface area contributed by atoms with Gasteiger partial charge in [-0.15, -0.1) is 0 Å². The second-order valence-electron chi connectivity index (χ2n) is 3.55. The third-order valence-electron chi connectivity index (χ3n) is 2.58. The second kappa shape index (κ2) is 4.01. The monoisotopic (exact) mass is 190 g/mol. The Balaban J connectivity index is 1.58. The molecule has 12 heavy (non-hydrogen) atoms. The van der Waals surface area contributed by atoms with Gasteiger partial charge in [-0.2, -0.15) is 0 Å². The lowest BCUT2D eigenvalue weighted by molar-refractivity contribution is 0.0475. The smallest absolute Gasteiger partial charge is 0.328 e. The Labute approximate surface area is 74.1 Å². The van der Waals surface area contributed by atoms with Crippen molar-refractivity contribution in [3.63, 3.8) is 0 Å². The Morgan fingerprint density at radius 3 is 1.58 bits per heavy atom. The molecule has 0 unspecified atom stereocenters. The van der Waals surface area contributed by atoms with Gasteiger partial charge in [-0.05, 0) is 38.5 Å². The first-order chi connectivity index (χ1) is 5.84. The Morgan fingerprint density at radius 1 is 0.917 bits per heavy atom. The van der Waals surface area contributed by atoms with Gasteiger partial charge in [0.1, 0.15) is 0 Å². The first-order valence-corrected chi connectivity index (χ1v) is 5.80. The standard InChI is InChI=1S/C8H15O3P/c9-12(10-7-3-1-4-7)11-8-5-2-6-8/h7-9H,1-6H2. The number of hydrogen-bond acceptors (Lipinski definition) is 3. The van der Waals surface area contributed by atoms with E-state index in [1.165, 1.54) is 12.8 Å². The fourth-order valence-electron chi connectivity index (χ4n) is 1.23. The molecule has 1 N–H and O–H groups in total. The minimum absolute atomic E-state index is 0.279. The predicted molar refractivity (Wildman–Crippen MR) is 46.6 cm³/mol. The van der Waals surface area contributed by atoms with Crippen molar-refractivity contribution in [2.24, 2.45) is 0 Å². The first kappa shape index (κ1) is 8.89. The third kappa shape index (κ3) is 2.17. The van der Waals surface area contributed by atoms with Crippen molar-refractivity contribution >= 4 is 8.60 Å². The molecule has 2 aliphatic carbocycles. The van der Waals surface area contributed by atoms with E-state index in [2.05, 4.69) is 0 Å². The van der Waals surface area contributed by atoms with Crippen LogP contribution >= 0.6 is 8.60 Å². The molecular weight excluding hydrogens is 175 g/mol. The first-order valence-electron chi connectivity index (χ1n) is 4.67. The Kier molecular flexibility index (Phi) is 2.97. The van der Waals surface area contributed by atoms with Crippen molar-refractivity contribution in [3.8, 4) is 0 Å². The number of rotatable bonds is 4. The zero-order valence-corrected chi connectivity index (χ0v) is 8.00. The van der Waals surface area contributed by atoms with Crippen LogP contribution in [0.3, 0.4) is 0 Å². The van der Waals surface area contributed by atoms with Crippen molar-refractivity contribution in [1.29, 1.82) is 0 Å². The zero-order chi connectivity index (χ0) is 8.39. The molecule has 0 amide bonds. The summed E-state index contributed by atoms with van der Waals surface area (Å²) in [6.07, 6.45) is 7.39. The van der Waals surface area contributed by atoms with Gasteiger partial charge >= 0.3 is 8.60 Å². The van der Waals surface area contributed by atoms with E-state index < -0.39 is 8.60 Å². The predicted octanol–water partition coefficient (Wildman–Crippen LogP) is 2.34. The van der Waals surface area contributed by atoms with E-state index in [9.17, 15) is 4.89 Å². The van der Waals surface area contributed by atoms with Crippen molar-refractivity contribution in [2.45, 2.75) is 50.7 Å². The van der Waals surface area contributed by atoms with E-state index in [0.29, 0.717) is 0 Å². The molecule has 70 valence electrons. The molecule has 0 saturated heterocycles. The van der Waals surface area contributed by atoms with Crippen LogP contribution in [0.2, 0.25) is 0 Å². The van der Waals surface area contributed by atoms with Crippen LogP contribution in [0, 0.1) is 0 Å². The minimum atomic E-state index is -1.57. The molecule has 2 fully saturated rings. The SMILES string of the molecule is OP(OC1CCC1)OC1CCC1. The van der Waals surface area contributed by atoms with Crippen LogP contribution in [0.1, 0.15) is 38.5 Å². The molecule has 0 aromatic carbocycles. The van der Waals surface area contributed by atoms with E-state index in [1.54, 1.807) is 0 Å². The van der Waals surface area contributed by atoms with E-state index >= 15 is 0 Å². The highest BCUT2D eigenvalue weighted by Crippen LogP contribution is 2.43. The van der Waals surface area contributed by atoms with Crippen molar-refractivity contribution < 1.29 is 13.9 Å². The summed E-state index contributed by atoms with van der Waals surface area (Å²) in [4.78, 5) is 9.34. The molecule has 2 saturated carbocycles. The van der Waals surface area contributed by atoms with Gasteiger partial charge in [0.15, 0.2) is 0 Å². The summed E-state index contributed by atoms with van der Waals surface area (Å²) in [5.74, 6) is 0. The fraction of sp³-hybridized carbons (Fsp3) is 1.00. The van der Waals surface area contributed by atoms with E-state index in [4.69, 9.17) is 9.05 Å². The van der Waals surface area contributed by atoms with Crippen LogP contribution in [0.25, 0.3) is 0 Å².